The van der Waals surface area contributed by atoms with E-state index in [1.54, 1.807) is 22.7 Å². The van der Waals surface area contributed by atoms with Crippen molar-refractivity contribution in [2.75, 3.05) is 0 Å². The number of carbonyl (C=O) groups excluding carboxylic acids is 4. The molecule has 6 aliphatic carbocycles. The number of benzene rings is 4. The van der Waals surface area contributed by atoms with Crippen LogP contribution in [0.5, 0.6) is 0 Å². The predicted molar refractivity (Wildman–Crippen MR) is 255 cm³/mol. The molecule has 0 atom stereocenters. The van der Waals surface area contributed by atoms with E-state index in [1.807, 2.05) is 108 Å². The normalized spacial score (nSPS) is 19.0. The number of thiophene rings is 4. The van der Waals surface area contributed by atoms with E-state index >= 15 is 0 Å². The zero-order valence-corrected chi connectivity index (χ0v) is 36.8. The van der Waals surface area contributed by atoms with E-state index in [0.29, 0.717) is 22.3 Å². The van der Waals surface area contributed by atoms with Crippen LogP contribution >= 0.6 is 45.3 Å². The van der Waals surface area contributed by atoms with Gasteiger partial charge in [0.15, 0.2) is 23.1 Å². The summed E-state index contributed by atoms with van der Waals surface area (Å²) >= 11 is 7.51. The van der Waals surface area contributed by atoms with Crippen LogP contribution < -0.4 is 0 Å². The summed E-state index contributed by atoms with van der Waals surface area (Å²) in [5.41, 5.74) is 8.29. The summed E-state index contributed by atoms with van der Waals surface area (Å²) in [7, 11) is 0. The second-order valence-corrected chi connectivity index (χ2v) is 22.5. The molecule has 0 N–H and O–H groups in total. The van der Waals surface area contributed by atoms with E-state index < -0.39 is 0 Å². The number of ketones is 4. The fourth-order valence-corrected chi connectivity index (χ4v) is 18.3. The van der Waals surface area contributed by atoms with Gasteiger partial charge in [-0.2, -0.15) is 0 Å². The maximum absolute atomic E-state index is 13.8. The van der Waals surface area contributed by atoms with Gasteiger partial charge in [0, 0.05) is 63.7 Å². The van der Waals surface area contributed by atoms with Gasteiger partial charge in [-0.05, 0) is 107 Å². The van der Waals surface area contributed by atoms with Gasteiger partial charge in [-0.15, -0.1) is 45.3 Å². The van der Waals surface area contributed by atoms with Crippen molar-refractivity contribution >= 4 is 112 Å². The van der Waals surface area contributed by atoms with E-state index in [-0.39, 0.29) is 45.1 Å². The molecule has 4 aromatic heterocycles. The molecule has 300 valence electrons. The van der Waals surface area contributed by atoms with Crippen molar-refractivity contribution in [2.24, 2.45) is 0 Å². The van der Waals surface area contributed by atoms with Crippen LogP contribution in [0.25, 0.3) is 62.6 Å². The van der Waals surface area contributed by atoms with Crippen LogP contribution in [-0.4, -0.2) is 23.1 Å². The number of carbonyl (C=O) groups is 4. The average Bonchev–Trinajstić information content (AvgIpc) is 4.18. The molecule has 62 heavy (non-hydrogen) atoms. The van der Waals surface area contributed by atoms with Gasteiger partial charge in [-0.1, -0.05) is 87.1 Å². The van der Waals surface area contributed by atoms with Gasteiger partial charge in [0.05, 0.1) is 30.3 Å². The number of rotatable bonds is 2. The van der Waals surface area contributed by atoms with E-state index in [2.05, 4.69) is 12.1 Å². The number of fused-ring (bicyclic) bond motifs is 17. The van der Waals surface area contributed by atoms with E-state index in [1.165, 1.54) is 89.7 Å². The summed E-state index contributed by atoms with van der Waals surface area (Å²) < 4.78 is 2.91. The SMILES string of the molecule is O=C1C(=Cc2cc3c(s2)-c2sc4c5c(sc4c2C32CCCCC2)-c2sc(C=C3C(=O)c4cc6ccccc6cc4C3=O)cc2C52CCCCC2)C(=O)c2cc3ccccc3cc21. The van der Waals surface area contributed by atoms with Crippen molar-refractivity contribution in [3.8, 4) is 19.5 Å². The monoisotopic (exact) mass is 876 g/mol. The van der Waals surface area contributed by atoms with Crippen molar-refractivity contribution < 1.29 is 19.2 Å². The molecule has 14 rings (SSSR count). The first-order chi connectivity index (χ1) is 30.3. The smallest absolute Gasteiger partial charge is 0.197 e. The van der Waals surface area contributed by atoms with E-state index in [4.69, 9.17) is 0 Å². The Morgan fingerprint density at radius 1 is 0.403 bits per heavy atom. The average molecular weight is 877 g/mol. The third-order valence-electron chi connectivity index (χ3n) is 15.1. The van der Waals surface area contributed by atoms with Gasteiger partial charge in [0.1, 0.15) is 0 Å². The topological polar surface area (TPSA) is 68.3 Å². The molecule has 0 bridgehead atoms. The molecule has 0 saturated heterocycles. The highest BCUT2D eigenvalue weighted by atomic mass is 32.1. The minimum Gasteiger partial charge on any atom is -0.288 e. The van der Waals surface area contributed by atoms with Crippen molar-refractivity contribution in [3.05, 3.63) is 150 Å². The summed E-state index contributed by atoms with van der Waals surface area (Å²) in [4.78, 5) is 62.8. The Hall–Kier alpha value is -5.38. The minimum absolute atomic E-state index is 0.0754. The van der Waals surface area contributed by atoms with Crippen molar-refractivity contribution in [1.82, 2.24) is 0 Å². The van der Waals surface area contributed by atoms with Crippen LogP contribution in [-0.2, 0) is 10.8 Å². The Balaban J connectivity index is 0.887. The highest BCUT2D eigenvalue weighted by molar-refractivity contribution is 7.34. The van der Waals surface area contributed by atoms with Gasteiger partial charge in [0.25, 0.3) is 0 Å². The molecule has 8 heteroatoms. The fraction of sp³-hybridized carbons (Fsp3) is 0.222. The predicted octanol–water partition coefficient (Wildman–Crippen LogP) is 14.8. The summed E-state index contributed by atoms with van der Waals surface area (Å²) in [5.74, 6) is -0.687. The molecular formula is C54H36O4S4. The molecule has 4 aromatic carbocycles. The van der Waals surface area contributed by atoms with Crippen LogP contribution in [0.2, 0.25) is 0 Å². The molecule has 0 unspecified atom stereocenters. The van der Waals surface area contributed by atoms with Crippen LogP contribution in [0.1, 0.15) is 138 Å². The Labute approximate surface area is 373 Å². The second kappa shape index (κ2) is 12.6. The minimum atomic E-state index is -0.172. The highest BCUT2D eigenvalue weighted by Gasteiger charge is 2.53. The second-order valence-electron chi connectivity index (χ2n) is 18.3. The lowest BCUT2D eigenvalue weighted by Crippen LogP contribution is -2.28. The maximum atomic E-state index is 13.8. The van der Waals surface area contributed by atoms with Gasteiger partial charge in [0.2, 0.25) is 0 Å². The zero-order chi connectivity index (χ0) is 41.2. The Morgan fingerprint density at radius 2 is 0.742 bits per heavy atom. The summed E-state index contributed by atoms with van der Waals surface area (Å²) in [6.45, 7) is 0. The van der Waals surface area contributed by atoms with Crippen molar-refractivity contribution in [2.45, 2.75) is 75.0 Å². The van der Waals surface area contributed by atoms with E-state index in [9.17, 15) is 19.2 Å². The highest BCUT2D eigenvalue weighted by Crippen LogP contribution is 2.69. The first-order valence-electron chi connectivity index (χ1n) is 21.9. The van der Waals surface area contributed by atoms with Gasteiger partial charge in [-0.25, -0.2) is 0 Å². The number of hydrogen-bond donors (Lipinski definition) is 0. The fourth-order valence-electron chi connectivity index (χ4n) is 12.3. The van der Waals surface area contributed by atoms with Gasteiger partial charge < -0.3 is 0 Å². The first-order valence-corrected chi connectivity index (χ1v) is 25.2. The standard InChI is InChI=1S/C54H36O4S4/c55-43-33-19-27-11-3-4-12-28(27)20-34(33)44(56)37(43)23-31-25-39-47(59-31)49-41(53(39)15-7-1-8-16-53)51-52(61-49)42-50(62-51)48-40(54(42)17-9-2-10-18-54)26-32(60-48)24-38-45(57)35-21-29-13-5-6-14-30(29)22-36(35)46(38)58/h3-6,11-14,19-26H,1-2,7-10,15-18H2. The molecule has 2 saturated carbocycles. The van der Waals surface area contributed by atoms with Crippen LogP contribution in [0.3, 0.4) is 0 Å². The summed E-state index contributed by atoms with van der Waals surface area (Å²) in [5, 5.41) is 3.89. The molecule has 0 aliphatic heterocycles. The van der Waals surface area contributed by atoms with Gasteiger partial charge >= 0.3 is 0 Å². The molecule has 0 amide bonds. The summed E-state index contributed by atoms with van der Waals surface area (Å²) in [6, 6.07) is 28.0. The van der Waals surface area contributed by atoms with Crippen molar-refractivity contribution in [1.29, 1.82) is 0 Å². The summed E-state index contributed by atoms with van der Waals surface area (Å²) in [6.07, 6.45) is 15.4. The number of allylic oxidation sites excluding steroid dienone is 2. The third kappa shape index (κ3) is 4.61. The lowest BCUT2D eigenvalue weighted by atomic mass is 9.67. The number of hydrogen-bond acceptors (Lipinski definition) is 8. The maximum Gasteiger partial charge on any atom is 0.197 e. The van der Waals surface area contributed by atoms with Gasteiger partial charge in [-0.3, -0.25) is 19.2 Å². The van der Waals surface area contributed by atoms with E-state index in [0.717, 1.165) is 57.0 Å². The van der Waals surface area contributed by atoms with Crippen molar-refractivity contribution in [3.63, 3.8) is 0 Å². The van der Waals surface area contributed by atoms with Crippen LogP contribution in [0.4, 0.5) is 0 Å². The Bertz CT molecular complexity index is 3160. The molecule has 0 radical (unpaired) electrons. The lowest BCUT2D eigenvalue weighted by Gasteiger charge is -2.35. The molecule has 8 aromatic rings. The Kier molecular flexibility index (Phi) is 7.36. The molecular weight excluding hydrogens is 841 g/mol. The largest absolute Gasteiger partial charge is 0.288 e. The zero-order valence-electron chi connectivity index (χ0n) is 33.6. The van der Waals surface area contributed by atoms with Crippen LogP contribution in [0, 0.1) is 0 Å². The Morgan fingerprint density at radius 3 is 1.08 bits per heavy atom. The molecule has 4 heterocycles. The quantitative estimate of drug-likeness (QED) is 0.128. The third-order valence-corrected chi connectivity index (χ3v) is 20.2. The lowest BCUT2D eigenvalue weighted by molar-refractivity contribution is 0.0975. The number of Topliss-reactive ketones (excluding diaryl/α,β-unsaturated/α-hetero) is 4. The molecule has 6 aliphatic rings. The molecule has 2 fully saturated rings. The molecule has 2 spiro atoms. The molecule has 4 nitrogen and oxygen atoms in total. The van der Waals surface area contributed by atoms with Crippen LogP contribution in [0.15, 0.2) is 96.1 Å². The first kappa shape index (κ1) is 36.1.